The molecule has 1 amide bonds. The Labute approximate surface area is 191 Å². The fourth-order valence-corrected chi connectivity index (χ4v) is 3.04. The summed E-state index contributed by atoms with van der Waals surface area (Å²) in [6, 6.07) is 11.0. The third kappa shape index (κ3) is 8.77. The number of hydrogen-bond acceptors (Lipinski definition) is 6. The summed E-state index contributed by atoms with van der Waals surface area (Å²) in [4.78, 5) is 30.9. The van der Waals surface area contributed by atoms with Gasteiger partial charge in [0.2, 0.25) is 5.91 Å². The zero-order valence-electron chi connectivity index (χ0n) is 20.1. The fourth-order valence-electron chi connectivity index (χ4n) is 3.04. The van der Waals surface area contributed by atoms with Crippen molar-refractivity contribution in [2.75, 3.05) is 27.2 Å². The molecule has 32 heavy (non-hydrogen) atoms. The van der Waals surface area contributed by atoms with Gasteiger partial charge in [-0.1, -0.05) is 32.9 Å². The quantitative estimate of drug-likeness (QED) is 0.436. The van der Waals surface area contributed by atoms with Crippen LogP contribution < -0.4 is 15.4 Å². The van der Waals surface area contributed by atoms with E-state index in [1.165, 1.54) is 5.56 Å². The Morgan fingerprint density at radius 2 is 1.81 bits per heavy atom. The van der Waals surface area contributed by atoms with E-state index in [1.54, 1.807) is 30.5 Å². The molecule has 0 spiro atoms. The number of pyridine rings is 1. The highest BCUT2D eigenvalue weighted by molar-refractivity contribution is 5.91. The lowest BCUT2D eigenvalue weighted by Crippen LogP contribution is -2.40. The maximum atomic E-state index is 12.5. The fraction of sp³-hybridized carbons (Fsp3) is 0.480. The van der Waals surface area contributed by atoms with E-state index >= 15 is 0 Å². The topological polar surface area (TPSA) is 83.6 Å². The van der Waals surface area contributed by atoms with E-state index in [0.29, 0.717) is 23.6 Å². The molecule has 1 unspecified atom stereocenters. The lowest BCUT2D eigenvalue weighted by molar-refractivity contribution is -0.120. The molecule has 0 aliphatic rings. The van der Waals surface area contributed by atoms with Crippen LogP contribution in [-0.2, 0) is 16.8 Å². The molecule has 7 heteroatoms. The highest BCUT2D eigenvalue weighted by Crippen LogP contribution is 2.24. The SMILES string of the molecule is CC(CCN(C)C)NC(=O)CNCc1cc(C(=O)Oc2ccc(C(C)(C)C)cc2)ccn1. The molecule has 0 aliphatic heterocycles. The van der Waals surface area contributed by atoms with E-state index in [1.807, 2.05) is 33.2 Å². The van der Waals surface area contributed by atoms with Gasteiger partial charge >= 0.3 is 5.97 Å². The van der Waals surface area contributed by atoms with Gasteiger partial charge in [0, 0.05) is 18.8 Å². The first-order chi connectivity index (χ1) is 15.0. The van der Waals surface area contributed by atoms with Crippen LogP contribution in [0.4, 0.5) is 0 Å². The molecule has 1 aromatic heterocycles. The Balaban J connectivity index is 1.83. The molecule has 0 bridgehead atoms. The van der Waals surface area contributed by atoms with Crippen molar-refractivity contribution in [1.82, 2.24) is 20.5 Å². The lowest BCUT2D eigenvalue weighted by Gasteiger charge is -2.19. The highest BCUT2D eigenvalue weighted by Gasteiger charge is 2.15. The minimum absolute atomic E-state index is 0.0384. The number of carbonyl (C=O) groups excluding carboxylic acids is 2. The second kappa shape index (κ2) is 11.7. The van der Waals surface area contributed by atoms with Crippen molar-refractivity contribution in [2.45, 2.75) is 52.1 Å². The van der Waals surface area contributed by atoms with E-state index in [4.69, 9.17) is 4.74 Å². The molecular formula is C25H36N4O3. The van der Waals surface area contributed by atoms with Crippen LogP contribution in [0.5, 0.6) is 5.75 Å². The van der Waals surface area contributed by atoms with Crippen molar-refractivity contribution in [2.24, 2.45) is 0 Å². The molecule has 0 fully saturated rings. The molecule has 0 saturated carbocycles. The second-order valence-corrected chi connectivity index (χ2v) is 9.36. The van der Waals surface area contributed by atoms with Crippen molar-refractivity contribution >= 4 is 11.9 Å². The van der Waals surface area contributed by atoms with Gasteiger partial charge in [0.1, 0.15) is 5.75 Å². The summed E-state index contributed by atoms with van der Waals surface area (Å²) >= 11 is 0. The van der Waals surface area contributed by atoms with Crippen molar-refractivity contribution in [3.05, 3.63) is 59.4 Å². The van der Waals surface area contributed by atoms with Gasteiger partial charge in [-0.25, -0.2) is 4.79 Å². The normalized spacial score (nSPS) is 12.5. The first kappa shape index (κ1) is 25.5. The number of esters is 1. The van der Waals surface area contributed by atoms with Gasteiger partial charge in [0.15, 0.2) is 0 Å². The zero-order chi connectivity index (χ0) is 23.7. The highest BCUT2D eigenvalue weighted by atomic mass is 16.5. The van der Waals surface area contributed by atoms with Crippen LogP contribution in [0.2, 0.25) is 0 Å². The number of ether oxygens (including phenoxy) is 1. The van der Waals surface area contributed by atoms with Gasteiger partial charge in [-0.2, -0.15) is 0 Å². The van der Waals surface area contributed by atoms with E-state index in [0.717, 1.165) is 13.0 Å². The van der Waals surface area contributed by atoms with Crippen LogP contribution in [-0.4, -0.2) is 55.0 Å². The van der Waals surface area contributed by atoms with Gasteiger partial charge in [-0.05, 0) is 69.2 Å². The summed E-state index contributed by atoms with van der Waals surface area (Å²) in [6.45, 7) is 9.88. The van der Waals surface area contributed by atoms with Crippen molar-refractivity contribution in [3.8, 4) is 5.75 Å². The van der Waals surface area contributed by atoms with Gasteiger partial charge in [0.25, 0.3) is 0 Å². The Hall–Kier alpha value is -2.77. The second-order valence-electron chi connectivity index (χ2n) is 9.36. The minimum atomic E-state index is -0.440. The van der Waals surface area contributed by atoms with Crippen molar-refractivity contribution < 1.29 is 14.3 Å². The number of benzene rings is 1. The van der Waals surface area contributed by atoms with Crippen molar-refractivity contribution in [1.29, 1.82) is 0 Å². The third-order valence-electron chi connectivity index (χ3n) is 4.99. The van der Waals surface area contributed by atoms with E-state index in [-0.39, 0.29) is 23.9 Å². The number of aromatic nitrogens is 1. The average molecular weight is 441 g/mol. The molecular weight excluding hydrogens is 404 g/mol. The Bertz CT molecular complexity index is 889. The number of nitrogens with one attached hydrogen (secondary N) is 2. The van der Waals surface area contributed by atoms with Crippen LogP contribution in [0.3, 0.4) is 0 Å². The monoisotopic (exact) mass is 440 g/mol. The molecule has 1 aromatic carbocycles. The maximum Gasteiger partial charge on any atom is 0.343 e. The summed E-state index contributed by atoms with van der Waals surface area (Å²) in [6.07, 6.45) is 2.46. The summed E-state index contributed by atoms with van der Waals surface area (Å²) in [5, 5.41) is 6.04. The Morgan fingerprint density at radius 1 is 1.12 bits per heavy atom. The molecule has 0 aliphatic carbocycles. The largest absolute Gasteiger partial charge is 0.423 e. The molecule has 2 rings (SSSR count). The summed E-state index contributed by atoms with van der Waals surface area (Å²) in [5.74, 6) is -0.00492. The van der Waals surface area contributed by atoms with E-state index in [9.17, 15) is 9.59 Å². The minimum Gasteiger partial charge on any atom is -0.423 e. The van der Waals surface area contributed by atoms with Crippen LogP contribution >= 0.6 is 0 Å². The molecule has 2 N–H and O–H groups in total. The van der Waals surface area contributed by atoms with Crippen LogP contribution in [0.1, 0.15) is 55.7 Å². The summed E-state index contributed by atoms with van der Waals surface area (Å²) < 4.78 is 5.49. The molecule has 1 atom stereocenters. The predicted octanol–water partition coefficient (Wildman–Crippen LogP) is 3.14. The molecule has 174 valence electrons. The maximum absolute atomic E-state index is 12.5. The van der Waals surface area contributed by atoms with Crippen LogP contribution in [0.25, 0.3) is 0 Å². The van der Waals surface area contributed by atoms with E-state index < -0.39 is 5.97 Å². The zero-order valence-corrected chi connectivity index (χ0v) is 20.1. The van der Waals surface area contributed by atoms with E-state index in [2.05, 4.69) is 41.3 Å². The lowest BCUT2D eigenvalue weighted by atomic mass is 9.87. The number of rotatable bonds is 10. The van der Waals surface area contributed by atoms with Gasteiger partial charge in [-0.15, -0.1) is 0 Å². The molecule has 1 heterocycles. The smallest absolute Gasteiger partial charge is 0.343 e. The average Bonchev–Trinajstić information content (AvgIpc) is 2.72. The molecule has 7 nitrogen and oxygen atoms in total. The number of hydrogen-bond donors (Lipinski definition) is 2. The number of carbonyl (C=O) groups is 2. The molecule has 0 radical (unpaired) electrons. The van der Waals surface area contributed by atoms with Gasteiger partial charge in [0.05, 0.1) is 17.8 Å². The van der Waals surface area contributed by atoms with Gasteiger partial charge < -0.3 is 20.3 Å². The molecule has 0 saturated heterocycles. The number of nitrogens with zero attached hydrogens (tertiary/aromatic N) is 2. The van der Waals surface area contributed by atoms with Gasteiger partial charge in [-0.3, -0.25) is 9.78 Å². The Kier molecular flexibility index (Phi) is 9.35. The Morgan fingerprint density at radius 3 is 2.44 bits per heavy atom. The standard InChI is InChI=1S/C25H36N4O3/c1-18(12-14-29(5)6)28-23(30)17-26-16-21-15-19(11-13-27-21)24(31)32-22-9-7-20(8-10-22)25(2,3)4/h7-11,13,15,18,26H,12,14,16-17H2,1-6H3,(H,28,30). The van der Waals surface area contributed by atoms with Crippen LogP contribution in [0.15, 0.2) is 42.6 Å². The van der Waals surface area contributed by atoms with Crippen molar-refractivity contribution in [3.63, 3.8) is 0 Å². The van der Waals surface area contributed by atoms with Crippen LogP contribution in [0, 0.1) is 0 Å². The number of amides is 1. The third-order valence-corrected chi connectivity index (χ3v) is 4.99. The predicted molar refractivity (Wildman–Crippen MR) is 127 cm³/mol. The summed E-state index contributed by atoms with van der Waals surface area (Å²) in [7, 11) is 4.02. The molecule has 2 aromatic rings. The first-order valence-electron chi connectivity index (χ1n) is 11.0. The summed E-state index contributed by atoms with van der Waals surface area (Å²) in [5.41, 5.74) is 2.29. The first-order valence-corrected chi connectivity index (χ1v) is 11.0.